The summed E-state index contributed by atoms with van der Waals surface area (Å²) in [6.07, 6.45) is 2.97. The number of aliphatic imine (C=N–C) groups is 1. The van der Waals surface area contributed by atoms with Crippen LogP contribution in [0.15, 0.2) is 23.2 Å². The van der Waals surface area contributed by atoms with Gasteiger partial charge in [-0.15, -0.1) is 0 Å². The first-order valence-electron chi connectivity index (χ1n) is 6.85. The topological polar surface area (TPSA) is 86.3 Å². The minimum absolute atomic E-state index is 0.0462. The Morgan fingerprint density at radius 1 is 1.48 bits per heavy atom. The van der Waals surface area contributed by atoms with Gasteiger partial charge in [0.05, 0.1) is 0 Å². The first-order valence-corrected chi connectivity index (χ1v) is 6.85. The van der Waals surface area contributed by atoms with Gasteiger partial charge in [-0.05, 0) is 31.0 Å². The zero-order valence-corrected chi connectivity index (χ0v) is 11.7. The second kappa shape index (κ2) is 5.42. The lowest BCUT2D eigenvalue weighted by atomic mass is 10.1. The van der Waals surface area contributed by atoms with Crippen molar-refractivity contribution >= 4 is 23.0 Å². The Labute approximate surface area is 121 Å². The number of isocyanates is 1. The highest BCUT2D eigenvalue weighted by Gasteiger charge is 2.26. The highest BCUT2D eigenvalue weighted by Crippen LogP contribution is 2.30. The molecule has 1 aliphatic rings. The summed E-state index contributed by atoms with van der Waals surface area (Å²) >= 11 is 0. The Bertz CT molecular complexity index is 743. The Morgan fingerprint density at radius 2 is 2.33 bits per heavy atom. The number of carbonyl (C=O) groups is 1. The van der Waals surface area contributed by atoms with Crippen LogP contribution >= 0.6 is 0 Å². The summed E-state index contributed by atoms with van der Waals surface area (Å²) in [4.78, 5) is 28.3. The zero-order chi connectivity index (χ0) is 14.8. The number of hydrogen-bond donors (Lipinski definition) is 3. The van der Waals surface area contributed by atoms with Gasteiger partial charge in [0.2, 0.25) is 6.08 Å². The molecule has 1 aromatic carbocycles. The molecule has 0 fully saturated rings. The molecule has 1 unspecified atom stereocenters. The maximum absolute atomic E-state index is 11.6. The number of nitrogens with zero attached hydrogens (tertiary/aromatic N) is 1. The number of carbonyl (C=O) groups excluding carboxylic acids is 2. The molecule has 1 heterocycles. The van der Waals surface area contributed by atoms with Gasteiger partial charge in [0.15, 0.2) is 0 Å². The summed E-state index contributed by atoms with van der Waals surface area (Å²) in [5.74, 6) is 0. The number of benzene rings is 1. The van der Waals surface area contributed by atoms with Gasteiger partial charge in [-0.25, -0.2) is 9.59 Å². The first kappa shape index (κ1) is 13.4. The number of aryl methyl sites for hydroxylation is 1. The Kier molecular flexibility index (Phi) is 3.46. The number of rotatable bonds is 3. The van der Waals surface area contributed by atoms with Gasteiger partial charge in [-0.1, -0.05) is 11.6 Å². The van der Waals surface area contributed by atoms with E-state index in [4.69, 9.17) is 0 Å². The lowest BCUT2D eigenvalue weighted by molar-refractivity contribution is 0.237. The molecule has 6 heteroatoms. The zero-order valence-electron chi connectivity index (χ0n) is 11.7. The largest absolute Gasteiger partial charge is 0.358 e. The van der Waals surface area contributed by atoms with E-state index in [2.05, 4.69) is 45.7 Å². The molecule has 0 radical (unpaired) electrons. The number of urea groups is 1. The fraction of sp³-hybridized carbons (Fsp3) is 0.333. The Balaban J connectivity index is 1.69. The van der Waals surface area contributed by atoms with E-state index in [-0.39, 0.29) is 18.7 Å². The van der Waals surface area contributed by atoms with E-state index in [1.807, 2.05) is 0 Å². The van der Waals surface area contributed by atoms with Crippen LogP contribution in [0, 0.1) is 6.92 Å². The highest BCUT2D eigenvalue weighted by molar-refractivity contribution is 5.86. The SMILES string of the molecule is Cc1ccc2[nH]c3c(c2c1)CC(NC(=O)NCN=C=O)C3. The number of H-pyrrole nitrogens is 1. The Hall–Kier alpha value is -2.59. The number of fused-ring (bicyclic) bond motifs is 3. The van der Waals surface area contributed by atoms with Crippen molar-refractivity contribution in [1.82, 2.24) is 15.6 Å². The van der Waals surface area contributed by atoms with Crippen LogP contribution in [-0.4, -0.2) is 29.8 Å². The van der Waals surface area contributed by atoms with Crippen molar-refractivity contribution in [1.29, 1.82) is 0 Å². The number of amides is 2. The summed E-state index contributed by atoms with van der Waals surface area (Å²) in [5.41, 5.74) is 4.84. The van der Waals surface area contributed by atoms with E-state index in [1.165, 1.54) is 28.3 Å². The van der Waals surface area contributed by atoms with E-state index in [1.54, 1.807) is 0 Å². The number of nitrogens with one attached hydrogen (secondary N) is 3. The monoisotopic (exact) mass is 284 g/mol. The first-order chi connectivity index (χ1) is 10.2. The van der Waals surface area contributed by atoms with Gasteiger partial charge in [0.25, 0.3) is 0 Å². The Morgan fingerprint density at radius 3 is 3.14 bits per heavy atom. The van der Waals surface area contributed by atoms with Crippen molar-refractivity contribution in [2.24, 2.45) is 4.99 Å². The molecule has 3 rings (SSSR count). The van der Waals surface area contributed by atoms with Crippen LogP contribution in [0.5, 0.6) is 0 Å². The van der Waals surface area contributed by atoms with E-state index in [9.17, 15) is 9.59 Å². The molecule has 0 aliphatic heterocycles. The van der Waals surface area contributed by atoms with Crippen molar-refractivity contribution in [3.63, 3.8) is 0 Å². The van der Waals surface area contributed by atoms with E-state index in [0.29, 0.717) is 0 Å². The summed E-state index contributed by atoms with van der Waals surface area (Å²) in [7, 11) is 0. The average molecular weight is 284 g/mol. The molecule has 3 N–H and O–H groups in total. The van der Waals surface area contributed by atoms with Gasteiger partial charge in [0.1, 0.15) is 6.67 Å². The summed E-state index contributed by atoms with van der Waals surface area (Å²) in [6.45, 7) is 2.03. The fourth-order valence-corrected chi connectivity index (χ4v) is 2.87. The molecule has 0 spiro atoms. The summed E-state index contributed by atoms with van der Waals surface area (Å²) in [5, 5.41) is 6.61. The van der Waals surface area contributed by atoms with Crippen LogP contribution < -0.4 is 10.6 Å². The van der Waals surface area contributed by atoms with E-state index >= 15 is 0 Å². The summed E-state index contributed by atoms with van der Waals surface area (Å²) < 4.78 is 0. The minimum Gasteiger partial charge on any atom is -0.358 e. The normalized spacial score (nSPS) is 16.3. The molecule has 1 aliphatic carbocycles. The standard InChI is InChI=1S/C15H16N4O2/c1-9-2-3-13-11(4-9)12-5-10(6-14(12)19-13)18-15(21)17-7-16-8-20/h2-4,10,19H,5-7H2,1H3,(H2,17,18,21). The molecular weight excluding hydrogens is 268 g/mol. The van der Waals surface area contributed by atoms with E-state index in [0.717, 1.165) is 18.4 Å². The average Bonchev–Trinajstić information content (AvgIpc) is 2.96. The van der Waals surface area contributed by atoms with Crippen molar-refractivity contribution in [2.45, 2.75) is 25.8 Å². The second-order valence-corrected chi connectivity index (χ2v) is 5.29. The lowest BCUT2D eigenvalue weighted by Crippen LogP contribution is -2.42. The third-order valence-corrected chi connectivity index (χ3v) is 3.77. The molecule has 0 saturated carbocycles. The van der Waals surface area contributed by atoms with Crippen molar-refractivity contribution in [2.75, 3.05) is 6.67 Å². The van der Waals surface area contributed by atoms with Crippen LogP contribution in [0.3, 0.4) is 0 Å². The fourth-order valence-electron chi connectivity index (χ4n) is 2.87. The molecule has 1 aromatic heterocycles. The molecule has 0 bridgehead atoms. The number of hydrogen-bond acceptors (Lipinski definition) is 3. The van der Waals surface area contributed by atoms with Gasteiger partial charge >= 0.3 is 6.03 Å². The maximum atomic E-state index is 11.6. The van der Waals surface area contributed by atoms with Crippen LogP contribution in [0.2, 0.25) is 0 Å². The molecule has 21 heavy (non-hydrogen) atoms. The number of aromatic amines is 1. The van der Waals surface area contributed by atoms with Crippen LogP contribution in [0.4, 0.5) is 4.79 Å². The van der Waals surface area contributed by atoms with Crippen molar-refractivity contribution < 1.29 is 9.59 Å². The quantitative estimate of drug-likeness (QED) is 0.590. The second-order valence-electron chi connectivity index (χ2n) is 5.29. The molecule has 0 saturated heterocycles. The third kappa shape index (κ3) is 2.66. The van der Waals surface area contributed by atoms with Crippen molar-refractivity contribution in [3.05, 3.63) is 35.0 Å². The number of aromatic nitrogens is 1. The van der Waals surface area contributed by atoms with Gasteiger partial charge < -0.3 is 15.6 Å². The molecule has 2 aromatic rings. The molecule has 1 atom stereocenters. The van der Waals surface area contributed by atoms with Gasteiger partial charge in [-0.2, -0.15) is 4.99 Å². The van der Waals surface area contributed by atoms with Crippen LogP contribution in [0.25, 0.3) is 10.9 Å². The molecule has 6 nitrogen and oxygen atoms in total. The molecular formula is C15H16N4O2. The highest BCUT2D eigenvalue weighted by atomic mass is 16.2. The van der Waals surface area contributed by atoms with Gasteiger partial charge in [0, 0.05) is 29.1 Å². The maximum Gasteiger partial charge on any atom is 0.316 e. The van der Waals surface area contributed by atoms with Gasteiger partial charge in [-0.3, -0.25) is 0 Å². The predicted molar refractivity (Wildman–Crippen MR) is 78.9 cm³/mol. The smallest absolute Gasteiger partial charge is 0.316 e. The van der Waals surface area contributed by atoms with Crippen LogP contribution in [-0.2, 0) is 17.6 Å². The van der Waals surface area contributed by atoms with Crippen LogP contribution in [0.1, 0.15) is 16.8 Å². The molecule has 2 amide bonds. The summed E-state index contributed by atoms with van der Waals surface area (Å²) in [6, 6.07) is 6.10. The van der Waals surface area contributed by atoms with E-state index < -0.39 is 0 Å². The van der Waals surface area contributed by atoms with Crippen molar-refractivity contribution in [3.8, 4) is 0 Å². The minimum atomic E-state index is -0.315. The third-order valence-electron chi connectivity index (χ3n) is 3.77. The molecule has 108 valence electrons. The predicted octanol–water partition coefficient (Wildman–Crippen LogP) is 1.54. The lowest BCUT2D eigenvalue weighted by Gasteiger charge is -2.12.